The van der Waals surface area contributed by atoms with Gasteiger partial charge in [0.25, 0.3) is 0 Å². The molecule has 1 aromatic carbocycles. The monoisotopic (exact) mass is 409 g/mol. The molecule has 25 heavy (non-hydrogen) atoms. The molecule has 0 aromatic heterocycles. The fraction of sp³-hybridized carbons (Fsp3) is 0.579. The highest BCUT2D eigenvalue weighted by Gasteiger charge is 2.54. The van der Waals surface area contributed by atoms with Gasteiger partial charge in [-0.2, -0.15) is 0 Å². The molecular weight excluding hydrogens is 386 g/mol. The lowest BCUT2D eigenvalue weighted by Gasteiger charge is -2.38. The van der Waals surface area contributed by atoms with E-state index in [0.717, 1.165) is 29.3 Å². The number of carboxylic acid groups (broad SMARTS) is 1. The Bertz CT molecular complexity index is 712. The summed E-state index contributed by atoms with van der Waals surface area (Å²) in [5.41, 5.74) is 1.12. The van der Waals surface area contributed by atoms with Crippen LogP contribution in [0.15, 0.2) is 22.7 Å². The average Bonchev–Trinajstić information content (AvgIpc) is 2.86. The van der Waals surface area contributed by atoms with E-state index in [0.29, 0.717) is 6.54 Å². The Kier molecular flexibility index (Phi) is 4.60. The summed E-state index contributed by atoms with van der Waals surface area (Å²) in [6.07, 6.45) is 2.21. The van der Waals surface area contributed by atoms with Crippen molar-refractivity contribution in [3.63, 3.8) is 0 Å². The summed E-state index contributed by atoms with van der Waals surface area (Å²) in [5.74, 6) is -1.46. The topological polar surface area (TPSA) is 66.8 Å². The molecule has 3 rings (SSSR count). The number of likely N-dealkylation sites (tertiary alicyclic amines) is 1. The van der Waals surface area contributed by atoms with Crippen LogP contribution in [0.5, 0.6) is 0 Å². The highest BCUT2D eigenvalue weighted by Crippen LogP contribution is 2.48. The number of nitrogens with zero attached hydrogens (tertiary/aromatic N) is 1. The van der Waals surface area contributed by atoms with Crippen molar-refractivity contribution in [2.75, 3.05) is 13.1 Å². The first-order valence-electron chi connectivity index (χ1n) is 8.62. The van der Waals surface area contributed by atoms with Gasteiger partial charge in [0.2, 0.25) is 0 Å². The quantitative estimate of drug-likeness (QED) is 0.761. The number of carbonyl (C=O) groups excluding carboxylic acids is 1. The van der Waals surface area contributed by atoms with E-state index in [1.165, 1.54) is 5.56 Å². The Morgan fingerprint density at radius 1 is 1.36 bits per heavy atom. The third-order valence-electron chi connectivity index (χ3n) is 5.17. The predicted molar refractivity (Wildman–Crippen MR) is 97.7 cm³/mol. The van der Waals surface area contributed by atoms with Gasteiger partial charge in [-0.15, -0.1) is 0 Å². The van der Waals surface area contributed by atoms with Crippen LogP contribution in [0.2, 0.25) is 0 Å². The van der Waals surface area contributed by atoms with Gasteiger partial charge in [-0.1, -0.05) is 22.0 Å². The predicted octanol–water partition coefficient (Wildman–Crippen LogP) is 3.97. The fourth-order valence-corrected chi connectivity index (χ4v) is 4.61. The van der Waals surface area contributed by atoms with E-state index in [1.54, 1.807) is 4.90 Å². The lowest BCUT2D eigenvalue weighted by Crippen LogP contribution is -2.42. The van der Waals surface area contributed by atoms with Crippen LogP contribution in [0.3, 0.4) is 0 Å². The lowest BCUT2D eigenvalue weighted by molar-refractivity contribution is -0.143. The average molecular weight is 410 g/mol. The van der Waals surface area contributed by atoms with Gasteiger partial charge in [-0.3, -0.25) is 4.79 Å². The van der Waals surface area contributed by atoms with E-state index < -0.39 is 29.0 Å². The van der Waals surface area contributed by atoms with Gasteiger partial charge in [-0.25, -0.2) is 4.79 Å². The van der Waals surface area contributed by atoms with Crippen LogP contribution in [0, 0.1) is 5.92 Å². The summed E-state index contributed by atoms with van der Waals surface area (Å²) >= 11 is 3.50. The van der Waals surface area contributed by atoms with Gasteiger partial charge in [0.15, 0.2) is 0 Å². The molecule has 1 aromatic rings. The third-order valence-corrected chi connectivity index (χ3v) is 5.66. The van der Waals surface area contributed by atoms with Gasteiger partial charge < -0.3 is 14.7 Å². The number of hydrogen-bond acceptors (Lipinski definition) is 3. The molecule has 1 heterocycles. The SMILES string of the molecule is CC(C)(C)OC(=O)N1C[C@@H](C(=O)O)[C@@]2(CCCc3cc(Br)ccc32)C1. The van der Waals surface area contributed by atoms with Gasteiger partial charge in [0.1, 0.15) is 5.60 Å². The Morgan fingerprint density at radius 3 is 2.72 bits per heavy atom. The van der Waals surface area contributed by atoms with Crippen LogP contribution >= 0.6 is 15.9 Å². The zero-order chi connectivity index (χ0) is 18.4. The first-order valence-corrected chi connectivity index (χ1v) is 9.41. The van der Waals surface area contributed by atoms with Gasteiger partial charge in [0, 0.05) is 23.0 Å². The van der Waals surface area contributed by atoms with Crippen LogP contribution < -0.4 is 0 Å². The van der Waals surface area contributed by atoms with Crippen molar-refractivity contribution in [2.45, 2.75) is 51.0 Å². The van der Waals surface area contributed by atoms with Crippen molar-refractivity contribution in [2.24, 2.45) is 5.92 Å². The van der Waals surface area contributed by atoms with E-state index in [-0.39, 0.29) is 6.54 Å². The molecule has 1 fully saturated rings. The Labute approximate surface area is 156 Å². The van der Waals surface area contributed by atoms with E-state index >= 15 is 0 Å². The summed E-state index contributed by atoms with van der Waals surface area (Å²) in [4.78, 5) is 26.1. The molecular formula is C19H24BrNO4. The summed E-state index contributed by atoms with van der Waals surface area (Å²) < 4.78 is 6.47. The molecule has 6 heteroatoms. The van der Waals surface area contributed by atoms with Crippen molar-refractivity contribution in [1.82, 2.24) is 4.90 Å². The van der Waals surface area contributed by atoms with Gasteiger partial charge in [0.05, 0.1) is 5.92 Å². The summed E-state index contributed by atoms with van der Waals surface area (Å²) in [6, 6.07) is 6.05. The van der Waals surface area contributed by atoms with Crippen molar-refractivity contribution in [3.05, 3.63) is 33.8 Å². The molecule has 0 unspecified atom stereocenters. The van der Waals surface area contributed by atoms with E-state index in [4.69, 9.17) is 4.74 Å². The summed E-state index contributed by atoms with van der Waals surface area (Å²) in [5, 5.41) is 9.85. The molecule has 0 bridgehead atoms. The normalized spacial score (nSPS) is 25.8. The minimum absolute atomic E-state index is 0.194. The number of ether oxygens (including phenoxy) is 1. The van der Waals surface area contributed by atoms with Crippen molar-refractivity contribution < 1.29 is 19.4 Å². The molecule has 1 amide bonds. The standard InChI is InChI=1S/C19H24BrNO4/c1-18(2,3)25-17(24)21-10-15(16(22)23)19(11-21)8-4-5-12-9-13(20)6-7-14(12)19/h6-7,9,15H,4-5,8,10-11H2,1-3H3,(H,22,23)/t15-,19-/m0/s1. The second kappa shape index (κ2) is 6.31. The largest absolute Gasteiger partial charge is 0.481 e. The number of hydrogen-bond donors (Lipinski definition) is 1. The Morgan fingerprint density at radius 2 is 2.08 bits per heavy atom. The van der Waals surface area contributed by atoms with Gasteiger partial charge >= 0.3 is 12.1 Å². The van der Waals surface area contributed by atoms with Crippen LogP contribution in [-0.4, -0.2) is 40.8 Å². The molecule has 2 atom stereocenters. The number of benzene rings is 1. The smallest absolute Gasteiger partial charge is 0.410 e. The molecule has 1 spiro atoms. The fourth-order valence-electron chi connectivity index (χ4n) is 4.20. The number of aliphatic carboxylic acids is 1. The molecule has 2 aliphatic rings. The third kappa shape index (κ3) is 3.41. The molecule has 1 aliphatic heterocycles. The highest BCUT2D eigenvalue weighted by atomic mass is 79.9. The maximum Gasteiger partial charge on any atom is 0.410 e. The highest BCUT2D eigenvalue weighted by molar-refractivity contribution is 9.10. The van der Waals surface area contributed by atoms with E-state index in [9.17, 15) is 14.7 Å². The Hall–Kier alpha value is -1.56. The lowest BCUT2D eigenvalue weighted by atomic mass is 9.64. The number of carboxylic acids is 1. The number of fused-ring (bicyclic) bond motifs is 2. The Balaban J connectivity index is 1.98. The maximum absolute atomic E-state index is 12.5. The number of halogens is 1. The molecule has 136 valence electrons. The minimum Gasteiger partial charge on any atom is -0.481 e. The van der Waals surface area contributed by atoms with E-state index in [2.05, 4.69) is 22.0 Å². The number of carbonyl (C=O) groups is 2. The second-order valence-corrected chi connectivity index (χ2v) is 8.98. The van der Waals surface area contributed by atoms with Crippen LogP contribution in [-0.2, 0) is 21.4 Å². The molecule has 0 saturated carbocycles. The number of aryl methyl sites for hydroxylation is 1. The van der Waals surface area contributed by atoms with Crippen molar-refractivity contribution in [1.29, 1.82) is 0 Å². The molecule has 1 saturated heterocycles. The second-order valence-electron chi connectivity index (χ2n) is 8.06. The number of amides is 1. The van der Waals surface area contributed by atoms with E-state index in [1.807, 2.05) is 32.9 Å². The van der Waals surface area contributed by atoms with Crippen LogP contribution in [0.4, 0.5) is 4.79 Å². The zero-order valence-corrected chi connectivity index (χ0v) is 16.4. The maximum atomic E-state index is 12.5. The minimum atomic E-state index is -0.846. The van der Waals surface area contributed by atoms with Crippen LogP contribution in [0.25, 0.3) is 0 Å². The molecule has 0 radical (unpaired) electrons. The van der Waals surface area contributed by atoms with Gasteiger partial charge in [-0.05, 0) is 63.3 Å². The van der Waals surface area contributed by atoms with Crippen molar-refractivity contribution >= 4 is 28.0 Å². The summed E-state index contributed by atoms with van der Waals surface area (Å²) in [6.45, 7) is 6.05. The first kappa shape index (κ1) is 18.2. The zero-order valence-electron chi connectivity index (χ0n) is 14.8. The molecule has 5 nitrogen and oxygen atoms in total. The molecule has 1 aliphatic carbocycles. The first-order chi connectivity index (χ1) is 11.6. The van der Waals surface area contributed by atoms with Crippen LogP contribution in [0.1, 0.15) is 44.7 Å². The molecule has 1 N–H and O–H groups in total. The van der Waals surface area contributed by atoms with Crippen molar-refractivity contribution in [3.8, 4) is 0 Å². The summed E-state index contributed by atoms with van der Waals surface area (Å²) in [7, 11) is 0. The number of rotatable bonds is 1.